The van der Waals surface area contributed by atoms with Gasteiger partial charge in [-0.15, -0.1) is 0 Å². The highest BCUT2D eigenvalue weighted by Gasteiger charge is 2.15. The average Bonchev–Trinajstić information content (AvgIpc) is 3.40. The molecular weight excluding hydrogens is 418 g/mol. The number of nitro groups is 1. The van der Waals surface area contributed by atoms with Gasteiger partial charge in [0.05, 0.1) is 16.7 Å². The Labute approximate surface area is 179 Å². The lowest BCUT2D eigenvalue weighted by Crippen LogP contribution is -2.16. The highest BCUT2D eigenvalue weighted by atomic mass is 16.6. The molecule has 10 heteroatoms. The van der Waals surface area contributed by atoms with E-state index >= 15 is 0 Å². The summed E-state index contributed by atoms with van der Waals surface area (Å²) in [5.41, 5.74) is 3.89. The minimum absolute atomic E-state index is 0.0566. The maximum Gasteiger partial charge on any atom is 0.335 e. The summed E-state index contributed by atoms with van der Waals surface area (Å²) >= 11 is 0. The summed E-state index contributed by atoms with van der Waals surface area (Å²) in [6.45, 7) is 1.69. The van der Waals surface area contributed by atoms with Gasteiger partial charge in [-0.2, -0.15) is 5.10 Å². The number of carboxylic acid groups (broad SMARTS) is 1. The van der Waals surface area contributed by atoms with E-state index in [0.29, 0.717) is 33.6 Å². The SMILES string of the molecule is Cc1c(C(=O)O)cccc1-c1ccc(/C=N\NC(=O)c2cc3cc([N+](=O)[O-])ccc3o2)o1. The van der Waals surface area contributed by atoms with E-state index in [-0.39, 0.29) is 17.0 Å². The van der Waals surface area contributed by atoms with Crippen molar-refractivity contribution in [3.05, 3.63) is 87.4 Å². The Bertz CT molecular complexity index is 1400. The van der Waals surface area contributed by atoms with Gasteiger partial charge in [0.2, 0.25) is 0 Å². The number of rotatable bonds is 6. The second-order valence-corrected chi connectivity index (χ2v) is 6.77. The molecule has 32 heavy (non-hydrogen) atoms. The Kier molecular flexibility index (Phi) is 5.25. The van der Waals surface area contributed by atoms with Crippen molar-refractivity contribution in [1.82, 2.24) is 5.43 Å². The number of nitro benzene ring substituents is 1. The molecule has 0 spiro atoms. The Balaban J connectivity index is 1.47. The van der Waals surface area contributed by atoms with E-state index in [1.807, 2.05) is 0 Å². The second kappa shape index (κ2) is 8.19. The normalized spacial score (nSPS) is 11.2. The van der Waals surface area contributed by atoms with Crippen LogP contribution in [0.15, 0.2) is 68.5 Å². The molecule has 0 unspecified atom stereocenters. The van der Waals surface area contributed by atoms with Crippen LogP contribution in [0.3, 0.4) is 0 Å². The van der Waals surface area contributed by atoms with Gasteiger partial charge in [-0.1, -0.05) is 12.1 Å². The summed E-state index contributed by atoms with van der Waals surface area (Å²) in [5.74, 6) is -0.936. The number of carboxylic acids is 1. The van der Waals surface area contributed by atoms with Crippen LogP contribution in [0.1, 0.15) is 32.2 Å². The van der Waals surface area contributed by atoms with Gasteiger partial charge in [0.1, 0.15) is 17.1 Å². The summed E-state index contributed by atoms with van der Waals surface area (Å²) in [5, 5.41) is 24.4. The van der Waals surface area contributed by atoms with Crippen molar-refractivity contribution in [3.8, 4) is 11.3 Å². The van der Waals surface area contributed by atoms with Crippen LogP contribution in [0.2, 0.25) is 0 Å². The summed E-state index contributed by atoms with van der Waals surface area (Å²) in [4.78, 5) is 33.9. The standard InChI is InChI=1S/C22H15N3O7/c1-12-16(3-2-4-17(12)22(27)28)19-8-6-15(31-19)11-23-24-21(26)20-10-13-9-14(25(29)30)5-7-18(13)32-20/h2-11H,1H3,(H,24,26)(H,27,28)/b23-11-. The third-order valence-electron chi connectivity index (χ3n) is 4.75. The number of non-ortho nitro benzene ring substituents is 1. The monoisotopic (exact) mass is 433 g/mol. The van der Waals surface area contributed by atoms with Gasteiger partial charge in [0.15, 0.2) is 5.76 Å². The lowest BCUT2D eigenvalue weighted by Gasteiger charge is -2.05. The van der Waals surface area contributed by atoms with Gasteiger partial charge in [0.25, 0.3) is 5.69 Å². The van der Waals surface area contributed by atoms with Gasteiger partial charge < -0.3 is 13.9 Å². The molecule has 4 aromatic rings. The molecule has 0 aliphatic heterocycles. The van der Waals surface area contributed by atoms with E-state index < -0.39 is 16.8 Å². The van der Waals surface area contributed by atoms with Crippen LogP contribution < -0.4 is 5.43 Å². The zero-order valence-electron chi connectivity index (χ0n) is 16.6. The fraction of sp³-hybridized carbons (Fsp3) is 0.0455. The van der Waals surface area contributed by atoms with Crippen molar-refractivity contribution in [1.29, 1.82) is 0 Å². The minimum Gasteiger partial charge on any atom is -0.478 e. The first-order valence-electron chi connectivity index (χ1n) is 9.28. The number of nitrogens with one attached hydrogen (secondary N) is 1. The molecule has 160 valence electrons. The molecule has 0 saturated heterocycles. The maximum absolute atomic E-state index is 12.3. The predicted molar refractivity (Wildman–Crippen MR) is 114 cm³/mol. The number of hydrogen-bond acceptors (Lipinski definition) is 7. The number of carbonyl (C=O) groups is 2. The molecule has 0 atom stereocenters. The number of fused-ring (bicyclic) bond motifs is 1. The number of hydrazone groups is 1. The number of carbonyl (C=O) groups excluding carboxylic acids is 1. The Hall–Kier alpha value is -4.73. The van der Waals surface area contributed by atoms with E-state index in [9.17, 15) is 24.8 Å². The van der Waals surface area contributed by atoms with Crippen molar-refractivity contribution in [2.24, 2.45) is 5.10 Å². The predicted octanol–water partition coefficient (Wildman–Crippen LogP) is 4.37. The number of benzene rings is 2. The molecule has 2 aromatic heterocycles. The largest absolute Gasteiger partial charge is 0.478 e. The van der Waals surface area contributed by atoms with E-state index in [4.69, 9.17) is 8.83 Å². The maximum atomic E-state index is 12.3. The van der Waals surface area contributed by atoms with Crippen molar-refractivity contribution in [2.75, 3.05) is 0 Å². The van der Waals surface area contributed by atoms with Gasteiger partial charge in [-0.25, -0.2) is 10.2 Å². The molecule has 0 bridgehead atoms. The molecule has 2 heterocycles. The lowest BCUT2D eigenvalue weighted by atomic mass is 10.0. The fourth-order valence-corrected chi connectivity index (χ4v) is 3.17. The molecule has 4 rings (SSSR count). The Morgan fingerprint density at radius 3 is 2.69 bits per heavy atom. The first kappa shape index (κ1) is 20.5. The third-order valence-corrected chi connectivity index (χ3v) is 4.75. The Morgan fingerprint density at radius 1 is 1.12 bits per heavy atom. The molecule has 2 N–H and O–H groups in total. The smallest absolute Gasteiger partial charge is 0.335 e. The first-order chi connectivity index (χ1) is 15.3. The summed E-state index contributed by atoms with van der Waals surface area (Å²) in [6, 6.07) is 13.6. The van der Waals surface area contributed by atoms with E-state index in [0.717, 1.165) is 0 Å². The van der Waals surface area contributed by atoms with E-state index in [1.54, 1.807) is 31.2 Å². The van der Waals surface area contributed by atoms with E-state index in [1.165, 1.54) is 36.5 Å². The van der Waals surface area contributed by atoms with Crippen LogP contribution in [0.5, 0.6) is 0 Å². The number of nitrogens with zero attached hydrogens (tertiary/aromatic N) is 2. The summed E-state index contributed by atoms with van der Waals surface area (Å²) in [6.07, 6.45) is 1.28. The Morgan fingerprint density at radius 2 is 1.94 bits per heavy atom. The zero-order chi connectivity index (χ0) is 22.8. The van der Waals surface area contributed by atoms with Gasteiger partial charge in [0, 0.05) is 23.1 Å². The van der Waals surface area contributed by atoms with Crippen molar-refractivity contribution < 1.29 is 28.5 Å². The van der Waals surface area contributed by atoms with Crippen LogP contribution in [-0.2, 0) is 0 Å². The van der Waals surface area contributed by atoms with Crippen LogP contribution in [0.25, 0.3) is 22.3 Å². The zero-order valence-corrected chi connectivity index (χ0v) is 16.6. The van der Waals surface area contributed by atoms with Crippen LogP contribution in [-0.4, -0.2) is 28.1 Å². The lowest BCUT2D eigenvalue weighted by molar-refractivity contribution is -0.384. The highest BCUT2D eigenvalue weighted by molar-refractivity contribution is 5.97. The molecule has 0 saturated carbocycles. The minimum atomic E-state index is -1.03. The number of aromatic carboxylic acids is 1. The topological polar surface area (TPSA) is 148 Å². The third kappa shape index (κ3) is 3.97. The quantitative estimate of drug-likeness (QED) is 0.260. The summed E-state index contributed by atoms with van der Waals surface area (Å²) < 4.78 is 11.1. The first-order valence-corrected chi connectivity index (χ1v) is 9.28. The second-order valence-electron chi connectivity index (χ2n) is 6.77. The molecule has 10 nitrogen and oxygen atoms in total. The van der Waals surface area contributed by atoms with Gasteiger partial charge >= 0.3 is 11.9 Å². The van der Waals surface area contributed by atoms with Gasteiger partial charge in [-0.05, 0) is 42.8 Å². The molecule has 2 aromatic carbocycles. The van der Waals surface area contributed by atoms with E-state index in [2.05, 4.69) is 10.5 Å². The molecule has 0 aliphatic carbocycles. The van der Waals surface area contributed by atoms with Crippen LogP contribution >= 0.6 is 0 Å². The highest BCUT2D eigenvalue weighted by Crippen LogP contribution is 2.27. The van der Waals surface area contributed by atoms with Crippen molar-refractivity contribution >= 4 is 34.7 Å². The number of hydrogen-bond donors (Lipinski definition) is 2. The number of amides is 1. The molecule has 0 aliphatic rings. The summed E-state index contributed by atoms with van der Waals surface area (Å²) in [7, 11) is 0. The van der Waals surface area contributed by atoms with Crippen LogP contribution in [0, 0.1) is 17.0 Å². The molecule has 1 amide bonds. The number of furan rings is 2. The van der Waals surface area contributed by atoms with Crippen molar-refractivity contribution in [3.63, 3.8) is 0 Å². The fourth-order valence-electron chi connectivity index (χ4n) is 3.17. The molecule has 0 fully saturated rings. The van der Waals surface area contributed by atoms with Crippen molar-refractivity contribution in [2.45, 2.75) is 6.92 Å². The average molecular weight is 433 g/mol. The van der Waals surface area contributed by atoms with Gasteiger partial charge in [-0.3, -0.25) is 14.9 Å². The molecular formula is C22H15N3O7. The van der Waals surface area contributed by atoms with Crippen LogP contribution in [0.4, 0.5) is 5.69 Å². The molecule has 0 radical (unpaired) electrons.